The molecular formula is C21H24N4O2. The minimum Gasteiger partial charge on any atom is -0.493 e. The van der Waals surface area contributed by atoms with E-state index >= 15 is 0 Å². The van der Waals surface area contributed by atoms with Crippen LogP contribution in [0.15, 0.2) is 41.4 Å². The molecule has 0 fully saturated rings. The summed E-state index contributed by atoms with van der Waals surface area (Å²) in [5.41, 5.74) is 4.28. The Morgan fingerprint density at radius 2 is 1.81 bits per heavy atom. The first-order valence-corrected chi connectivity index (χ1v) is 8.87. The molecule has 2 aromatic carbocycles. The predicted octanol–water partition coefficient (Wildman–Crippen LogP) is 2.71. The van der Waals surface area contributed by atoms with Gasteiger partial charge in [0.25, 0.3) is 0 Å². The number of hydrogen-bond acceptors (Lipinski definition) is 4. The summed E-state index contributed by atoms with van der Waals surface area (Å²) in [6.45, 7) is 2.31. The van der Waals surface area contributed by atoms with E-state index in [4.69, 9.17) is 14.7 Å². The van der Waals surface area contributed by atoms with Crippen LogP contribution in [0, 0.1) is 11.3 Å². The van der Waals surface area contributed by atoms with Gasteiger partial charge in [-0.15, -0.1) is 0 Å². The molecule has 0 saturated carbocycles. The second kappa shape index (κ2) is 8.45. The molecule has 0 amide bonds. The van der Waals surface area contributed by atoms with Gasteiger partial charge in [0, 0.05) is 26.7 Å². The Labute approximate surface area is 160 Å². The largest absolute Gasteiger partial charge is 0.493 e. The number of rotatable bonds is 4. The number of aliphatic imine (C=N–C) groups is 1. The number of guanidine groups is 1. The molecule has 0 saturated heterocycles. The van der Waals surface area contributed by atoms with Gasteiger partial charge in [0.15, 0.2) is 17.5 Å². The van der Waals surface area contributed by atoms with Crippen molar-refractivity contribution in [1.29, 1.82) is 5.26 Å². The van der Waals surface area contributed by atoms with Crippen molar-refractivity contribution in [2.45, 2.75) is 19.5 Å². The van der Waals surface area contributed by atoms with Crippen LogP contribution in [0.1, 0.15) is 22.3 Å². The predicted molar refractivity (Wildman–Crippen MR) is 105 cm³/mol. The van der Waals surface area contributed by atoms with Gasteiger partial charge in [-0.1, -0.05) is 12.1 Å². The molecule has 0 atom stereocenters. The lowest BCUT2D eigenvalue weighted by Gasteiger charge is -2.32. The molecule has 3 rings (SSSR count). The SMILES string of the molecule is CN=C(NCc1ccc(C#N)cc1)N1CCc2cc(OC)c(OC)cc2C1. The quantitative estimate of drug-likeness (QED) is 0.667. The molecule has 1 heterocycles. The van der Waals surface area contributed by atoms with E-state index in [9.17, 15) is 0 Å². The van der Waals surface area contributed by atoms with Crippen molar-refractivity contribution in [2.75, 3.05) is 27.8 Å². The molecule has 6 heteroatoms. The lowest BCUT2D eigenvalue weighted by molar-refractivity contribution is 0.346. The third kappa shape index (κ3) is 4.14. The van der Waals surface area contributed by atoms with Crippen LogP contribution >= 0.6 is 0 Å². The fourth-order valence-corrected chi connectivity index (χ4v) is 3.27. The molecule has 0 radical (unpaired) electrons. The summed E-state index contributed by atoms with van der Waals surface area (Å²) in [5, 5.41) is 12.3. The van der Waals surface area contributed by atoms with E-state index in [-0.39, 0.29) is 0 Å². The van der Waals surface area contributed by atoms with Gasteiger partial charge in [0.1, 0.15) is 0 Å². The highest BCUT2D eigenvalue weighted by Gasteiger charge is 2.21. The van der Waals surface area contributed by atoms with Crippen LogP contribution in [0.2, 0.25) is 0 Å². The van der Waals surface area contributed by atoms with E-state index in [2.05, 4.69) is 27.3 Å². The van der Waals surface area contributed by atoms with Gasteiger partial charge >= 0.3 is 0 Å². The van der Waals surface area contributed by atoms with Gasteiger partial charge in [-0.2, -0.15) is 5.26 Å². The van der Waals surface area contributed by atoms with E-state index in [0.717, 1.165) is 42.5 Å². The molecule has 140 valence electrons. The van der Waals surface area contributed by atoms with Gasteiger partial charge in [-0.3, -0.25) is 4.99 Å². The van der Waals surface area contributed by atoms with E-state index in [1.54, 1.807) is 21.3 Å². The van der Waals surface area contributed by atoms with Crippen molar-refractivity contribution in [3.05, 3.63) is 58.7 Å². The van der Waals surface area contributed by atoms with Gasteiger partial charge in [-0.05, 0) is 47.4 Å². The fourth-order valence-electron chi connectivity index (χ4n) is 3.27. The Bertz CT molecular complexity index is 869. The number of fused-ring (bicyclic) bond motifs is 1. The molecule has 0 aromatic heterocycles. The van der Waals surface area contributed by atoms with E-state index in [1.165, 1.54) is 11.1 Å². The van der Waals surface area contributed by atoms with Crippen LogP contribution in [0.3, 0.4) is 0 Å². The monoisotopic (exact) mass is 364 g/mol. The average Bonchev–Trinajstić information content (AvgIpc) is 2.73. The number of hydrogen-bond donors (Lipinski definition) is 1. The molecule has 27 heavy (non-hydrogen) atoms. The van der Waals surface area contributed by atoms with Crippen LogP contribution in [0.5, 0.6) is 11.5 Å². The Balaban J connectivity index is 1.69. The smallest absolute Gasteiger partial charge is 0.194 e. The third-order valence-corrected chi connectivity index (χ3v) is 4.76. The summed E-state index contributed by atoms with van der Waals surface area (Å²) in [7, 11) is 5.11. The molecule has 1 N–H and O–H groups in total. The second-order valence-corrected chi connectivity index (χ2v) is 6.36. The lowest BCUT2D eigenvalue weighted by atomic mass is 9.99. The maximum Gasteiger partial charge on any atom is 0.194 e. The van der Waals surface area contributed by atoms with Crippen LogP contribution in [0.4, 0.5) is 0 Å². The highest BCUT2D eigenvalue weighted by molar-refractivity contribution is 5.80. The van der Waals surface area contributed by atoms with Crippen molar-refractivity contribution >= 4 is 5.96 Å². The Kier molecular flexibility index (Phi) is 5.82. The molecule has 2 aromatic rings. The molecule has 0 aliphatic carbocycles. The Hall–Kier alpha value is -3.20. The zero-order valence-electron chi connectivity index (χ0n) is 16.0. The van der Waals surface area contributed by atoms with Crippen LogP contribution in [-0.2, 0) is 19.5 Å². The molecule has 1 aliphatic rings. The average molecular weight is 364 g/mol. The minimum atomic E-state index is 0.660. The molecule has 6 nitrogen and oxygen atoms in total. The van der Waals surface area contributed by atoms with Crippen molar-refractivity contribution in [3.8, 4) is 17.6 Å². The molecule has 0 spiro atoms. The van der Waals surface area contributed by atoms with Gasteiger partial charge in [0.05, 0.1) is 25.9 Å². The second-order valence-electron chi connectivity index (χ2n) is 6.36. The lowest BCUT2D eigenvalue weighted by Crippen LogP contribution is -2.43. The van der Waals surface area contributed by atoms with Crippen molar-refractivity contribution in [2.24, 2.45) is 4.99 Å². The number of ether oxygens (including phenoxy) is 2. The zero-order chi connectivity index (χ0) is 19.2. The fraction of sp³-hybridized carbons (Fsp3) is 0.333. The first kappa shape index (κ1) is 18.6. The Morgan fingerprint density at radius 3 is 2.41 bits per heavy atom. The highest BCUT2D eigenvalue weighted by Crippen LogP contribution is 2.33. The minimum absolute atomic E-state index is 0.660. The first-order valence-electron chi connectivity index (χ1n) is 8.87. The summed E-state index contributed by atoms with van der Waals surface area (Å²) in [5.74, 6) is 2.38. The third-order valence-electron chi connectivity index (χ3n) is 4.76. The summed E-state index contributed by atoms with van der Waals surface area (Å²) in [6.07, 6.45) is 0.924. The van der Waals surface area contributed by atoms with Crippen LogP contribution < -0.4 is 14.8 Å². The number of nitrogens with one attached hydrogen (secondary N) is 1. The normalized spacial score (nSPS) is 13.6. The number of methoxy groups -OCH3 is 2. The first-order chi connectivity index (χ1) is 13.2. The summed E-state index contributed by atoms with van der Waals surface area (Å²) < 4.78 is 10.8. The standard InChI is InChI=1S/C21H24N4O2/c1-23-21(24-13-16-6-4-15(12-22)5-7-16)25-9-8-17-10-19(26-2)20(27-3)11-18(17)14-25/h4-7,10-11H,8-9,13-14H2,1-3H3,(H,23,24). The molecular weight excluding hydrogens is 340 g/mol. The van der Waals surface area contributed by atoms with Crippen LogP contribution in [-0.4, -0.2) is 38.7 Å². The highest BCUT2D eigenvalue weighted by atomic mass is 16.5. The summed E-state index contributed by atoms with van der Waals surface area (Å²) >= 11 is 0. The van der Waals surface area contributed by atoms with Gasteiger partial charge in [0.2, 0.25) is 0 Å². The molecule has 0 bridgehead atoms. The zero-order valence-corrected chi connectivity index (χ0v) is 16.0. The van der Waals surface area contributed by atoms with Gasteiger partial charge < -0.3 is 19.7 Å². The van der Waals surface area contributed by atoms with Gasteiger partial charge in [-0.25, -0.2) is 0 Å². The number of nitrogens with zero attached hydrogens (tertiary/aromatic N) is 3. The van der Waals surface area contributed by atoms with E-state index in [0.29, 0.717) is 12.1 Å². The maximum absolute atomic E-state index is 8.90. The van der Waals surface area contributed by atoms with Crippen LogP contribution in [0.25, 0.3) is 0 Å². The summed E-state index contributed by atoms with van der Waals surface area (Å²) in [4.78, 5) is 6.67. The van der Waals surface area contributed by atoms with E-state index in [1.807, 2.05) is 30.3 Å². The Morgan fingerprint density at radius 1 is 1.15 bits per heavy atom. The van der Waals surface area contributed by atoms with Crippen molar-refractivity contribution < 1.29 is 9.47 Å². The maximum atomic E-state index is 8.90. The van der Waals surface area contributed by atoms with Crippen molar-refractivity contribution in [1.82, 2.24) is 10.2 Å². The topological polar surface area (TPSA) is 69.9 Å². The number of benzene rings is 2. The molecule has 0 unspecified atom stereocenters. The van der Waals surface area contributed by atoms with Crippen molar-refractivity contribution in [3.63, 3.8) is 0 Å². The number of nitriles is 1. The summed E-state index contributed by atoms with van der Waals surface area (Å²) in [6, 6.07) is 13.8. The van der Waals surface area contributed by atoms with E-state index < -0.39 is 0 Å². The molecule has 1 aliphatic heterocycles.